The zero-order chi connectivity index (χ0) is 7.90. The number of fused-ring (bicyclic) bond motifs is 2. The summed E-state index contributed by atoms with van der Waals surface area (Å²) >= 11 is 12.6. The quantitative estimate of drug-likeness (QED) is 0.422. The maximum absolute atomic E-state index is 6.38. The zero-order valence-corrected chi connectivity index (χ0v) is 8.03. The van der Waals surface area contributed by atoms with Gasteiger partial charge in [0, 0.05) is 0 Å². The highest BCUT2D eigenvalue weighted by Gasteiger charge is 2.44. The molecule has 1 nitrogen and oxygen atoms in total. The van der Waals surface area contributed by atoms with Crippen molar-refractivity contribution in [1.29, 1.82) is 0 Å². The molecule has 1 atom stereocenters. The molecule has 0 N–H and O–H groups in total. The van der Waals surface area contributed by atoms with Crippen LogP contribution in [0.15, 0.2) is 0 Å². The topological polar surface area (TPSA) is 3.24 Å². The molecule has 0 amide bonds. The van der Waals surface area contributed by atoms with E-state index in [-0.39, 0.29) is 10.4 Å². The van der Waals surface area contributed by atoms with Crippen molar-refractivity contribution in [2.24, 2.45) is 0 Å². The molecule has 2 fully saturated rings. The second kappa shape index (κ2) is 2.79. The molecule has 0 saturated carbocycles. The highest BCUT2D eigenvalue weighted by molar-refractivity contribution is 6.32. The average Bonchev–Trinajstić information content (AvgIpc) is 1.93. The van der Waals surface area contributed by atoms with Gasteiger partial charge in [-0.25, -0.2) is 0 Å². The first-order valence-corrected chi connectivity index (χ1v) is 5.11. The van der Waals surface area contributed by atoms with E-state index in [9.17, 15) is 0 Å². The fraction of sp³-hybridized carbons (Fsp3) is 1.00. The van der Waals surface area contributed by atoms with E-state index in [1.54, 1.807) is 0 Å². The average molecular weight is 194 g/mol. The van der Waals surface area contributed by atoms with Crippen molar-refractivity contribution in [1.82, 2.24) is 4.90 Å². The molecule has 0 aliphatic carbocycles. The van der Waals surface area contributed by atoms with Gasteiger partial charge in [0.25, 0.3) is 0 Å². The molecule has 2 rings (SSSR count). The van der Waals surface area contributed by atoms with Gasteiger partial charge < -0.3 is 0 Å². The number of hydrogen-bond donors (Lipinski definition) is 0. The van der Waals surface area contributed by atoms with E-state index in [1.807, 2.05) is 0 Å². The number of halogens is 2. The summed E-state index contributed by atoms with van der Waals surface area (Å²) in [4.78, 5) is 2.21. The normalized spacial score (nSPS) is 50.7. The predicted molar refractivity (Wildman–Crippen MR) is 48.3 cm³/mol. The Kier molecular flexibility index (Phi) is 2.07. The Hall–Kier alpha value is 0.540. The van der Waals surface area contributed by atoms with Gasteiger partial charge in [0.2, 0.25) is 0 Å². The van der Waals surface area contributed by atoms with Crippen LogP contribution in [0.1, 0.15) is 25.7 Å². The number of hydrogen-bond acceptors (Lipinski definition) is 1. The third-order valence-corrected chi connectivity index (χ3v) is 4.21. The van der Waals surface area contributed by atoms with Crippen LogP contribution in [0.25, 0.3) is 0 Å². The van der Waals surface area contributed by atoms with Gasteiger partial charge in [-0.1, -0.05) is 0 Å². The van der Waals surface area contributed by atoms with Crippen LogP contribution in [-0.2, 0) is 0 Å². The van der Waals surface area contributed by atoms with Crippen LogP contribution in [-0.4, -0.2) is 28.4 Å². The van der Waals surface area contributed by atoms with Crippen LogP contribution >= 0.6 is 23.2 Å². The lowest BCUT2D eigenvalue weighted by Crippen LogP contribution is -2.54. The maximum atomic E-state index is 6.38. The second-order valence-electron chi connectivity index (χ2n) is 3.61. The summed E-state index contributed by atoms with van der Waals surface area (Å²) < 4.78 is 0. The molecular weight excluding hydrogens is 181 g/mol. The summed E-state index contributed by atoms with van der Waals surface area (Å²) in [6, 6.07) is 0. The van der Waals surface area contributed by atoms with Gasteiger partial charge in [-0.2, -0.15) is 0 Å². The summed E-state index contributed by atoms with van der Waals surface area (Å²) in [5.41, 5.74) is 0.0895. The first-order valence-electron chi connectivity index (χ1n) is 4.29. The van der Waals surface area contributed by atoms with Crippen molar-refractivity contribution in [3.63, 3.8) is 0 Å². The summed E-state index contributed by atoms with van der Waals surface area (Å²) in [6.07, 6.45) is 4.62. The fourth-order valence-electron chi connectivity index (χ4n) is 2.18. The number of rotatable bonds is 0. The van der Waals surface area contributed by atoms with E-state index in [1.165, 1.54) is 12.8 Å². The van der Waals surface area contributed by atoms with E-state index >= 15 is 0 Å². The molecule has 3 heteroatoms. The first-order chi connectivity index (χ1) is 5.22. The molecule has 2 bridgehead atoms. The van der Waals surface area contributed by atoms with E-state index in [0.29, 0.717) is 0 Å². The standard InChI is InChI=1S/C8H13Cl2N/c9-7-8(10)3-1-5-11(7)6-2-4-8/h7H,1-6H2. The molecule has 2 aliphatic heterocycles. The Labute approximate surface area is 77.6 Å². The Morgan fingerprint density at radius 3 is 2.09 bits per heavy atom. The number of nitrogens with zero attached hydrogens (tertiary/aromatic N) is 1. The number of piperidine rings is 2. The lowest BCUT2D eigenvalue weighted by atomic mass is 9.88. The predicted octanol–water partition coefficient (Wildman–Crippen LogP) is 2.42. The van der Waals surface area contributed by atoms with Gasteiger partial charge in [-0.05, 0) is 38.8 Å². The minimum Gasteiger partial charge on any atom is -0.286 e. The Morgan fingerprint density at radius 2 is 1.73 bits per heavy atom. The van der Waals surface area contributed by atoms with Gasteiger partial charge >= 0.3 is 0 Å². The van der Waals surface area contributed by atoms with Gasteiger partial charge in [-0.15, -0.1) is 23.2 Å². The van der Waals surface area contributed by atoms with E-state index in [0.717, 1.165) is 25.9 Å². The Balaban J connectivity index is 2.17. The third-order valence-electron chi connectivity index (χ3n) is 2.82. The minimum atomic E-state index is -0.0992. The van der Waals surface area contributed by atoms with Gasteiger partial charge in [0.05, 0.1) is 4.87 Å². The summed E-state index contributed by atoms with van der Waals surface area (Å²) in [5.74, 6) is 0. The van der Waals surface area contributed by atoms with Crippen LogP contribution in [0.4, 0.5) is 0 Å². The van der Waals surface area contributed by atoms with Gasteiger partial charge in [-0.3, -0.25) is 4.90 Å². The maximum Gasteiger partial charge on any atom is 0.104 e. The van der Waals surface area contributed by atoms with Crippen molar-refractivity contribution in [2.45, 2.75) is 36.1 Å². The van der Waals surface area contributed by atoms with Crippen LogP contribution in [0.2, 0.25) is 0 Å². The number of alkyl halides is 2. The summed E-state index contributed by atoms with van der Waals surface area (Å²) in [5, 5.41) is 0. The Morgan fingerprint density at radius 1 is 1.18 bits per heavy atom. The lowest BCUT2D eigenvalue weighted by Gasteiger charge is -2.47. The first kappa shape index (κ1) is 8.15. The third kappa shape index (κ3) is 1.28. The smallest absolute Gasteiger partial charge is 0.104 e. The molecular formula is C8H13Cl2N. The Bertz CT molecular complexity index is 150. The van der Waals surface area contributed by atoms with Gasteiger partial charge in [0.1, 0.15) is 5.50 Å². The molecule has 0 aromatic rings. The SMILES string of the molecule is ClC1N2CCCC1(Cl)CCC2. The lowest BCUT2D eigenvalue weighted by molar-refractivity contribution is 0.115. The molecule has 2 heterocycles. The van der Waals surface area contributed by atoms with Crippen LogP contribution < -0.4 is 0 Å². The van der Waals surface area contributed by atoms with Crippen molar-refractivity contribution < 1.29 is 0 Å². The summed E-state index contributed by atoms with van der Waals surface area (Å²) in [6.45, 7) is 2.28. The van der Waals surface area contributed by atoms with Gasteiger partial charge in [0.15, 0.2) is 0 Å². The molecule has 64 valence electrons. The van der Waals surface area contributed by atoms with Crippen molar-refractivity contribution in [3.8, 4) is 0 Å². The highest BCUT2D eigenvalue weighted by Crippen LogP contribution is 2.42. The summed E-state index contributed by atoms with van der Waals surface area (Å²) in [7, 11) is 0. The zero-order valence-electron chi connectivity index (χ0n) is 6.52. The second-order valence-corrected chi connectivity index (χ2v) is 4.78. The highest BCUT2D eigenvalue weighted by atomic mass is 35.5. The van der Waals surface area contributed by atoms with Crippen molar-refractivity contribution in [2.75, 3.05) is 13.1 Å². The molecule has 2 saturated heterocycles. The monoisotopic (exact) mass is 193 g/mol. The van der Waals surface area contributed by atoms with E-state index in [4.69, 9.17) is 23.2 Å². The molecule has 2 aliphatic rings. The van der Waals surface area contributed by atoms with Crippen LogP contribution in [0.5, 0.6) is 0 Å². The molecule has 0 aromatic carbocycles. The largest absolute Gasteiger partial charge is 0.286 e. The fourth-order valence-corrected chi connectivity index (χ4v) is 3.00. The van der Waals surface area contributed by atoms with Crippen molar-refractivity contribution in [3.05, 3.63) is 0 Å². The molecule has 11 heavy (non-hydrogen) atoms. The van der Waals surface area contributed by atoms with E-state index in [2.05, 4.69) is 4.90 Å². The molecule has 0 radical (unpaired) electrons. The molecule has 1 unspecified atom stereocenters. The van der Waals surface area contributed by atoms with Crippen molar-refractivity contribution >= 4 is 23.2 Å². The molecule has 0 spiro atoms. The van der Waals surface area contributed by atoms with Crippen LogP contribution in [0.3, 0.4) is 0 Å². The van der Waals surface area contributed by atoms with Crippen LogP contribution in [0, 0.1) is 0 Å². The minimum absolute atomic E-state index is 0.0895. The molecule has 0 aromatic heterocycles. The van der Waals surface area contributed by atoms with E-state index < -0.39 is 0 Å².